The number of amides is 2. The Balaban J connectivity index is 1.37. The third-order valence-electron chi connectivity index (χ3n) is 7.07. The Bertz CT molecular complexity index is 812. The number of aromatic nitrogens is 1. The lowest BCUT2D eigenvalue weighted by Crippen LogP contribution is -2.51. The van der Waals surface area contributed by atoms with Gasteiger partial charge in [0.1, 0.15) is 4.75 Å². The van der Waals surface area contributed by atoms with Crippen LogP contribution < -0.4 is 5.32 Å². The molecular formula is C24H37N3O4S2. The highest BCUT2D eigenvalue weighted by molar-refractivity contribution is 8.03. The lowest BCUT2D eigenvalue weighted by atomic mass is 9.88. The molecule has 0 bridgehead atoms. The van der Waals surface area contributed by atoms with Crippen LogP contribution in [0.25, 0.3) is 0 Å². The third-order valence-corrected chi connectivity index (χ3v) is 9.27. The minimum Gasteiger partial charge on any atom is -0.480 e. The van der Waals surface area contributed by atoms with Gasteiger partial charge >= 0.3 is 12.0 Å². The molecule has 3 aliphatic carbocycles. The molecule has 33 heavy (non-hydrogen) atoms. The SMILES string of the molecule is CC(C)(Sc1cnc(NC(=O)N(C2CCCCC2)C2CCC(OCC3CC3)CC2)s1)C(=O)O. The number of thioether (sulfide) groups is 1. The Hall–Kier alpha value is -1.32. The standard InChI is InChI=1S/C24H37N3O4S2/c1-24(2,21(28)29)33-20-14-25-22(32-20)26-23(30)27(17-6-4-3-5-7-17)18-10-12-19(13-11-18)31-15-16-8-9-16/h14,16-19H,3-13,15H2,1-2H3,(H,28,29)(H,25,26,30). The van der Waals surface area contributed by atoms with Crippen LogP contribution in [0.15, 0.2) is 10.4 Å². The molecule has 1 heterocycles. The quantitative estimate of drug-likeness (QED) is 0.408. The van der Waals surface area contributed by atoms with Gasteiger partial charge in [0, 0.05) is 18.7 Å². The van der Waals surface area contributed by atoms with Crippen LogP contribution in [-0.4, -0.2) is 56.5 Å². The highest BCUT2D eigenvalue weighted by Crippen LogP contribution is 2.38. The first-order valence-corrected chi connectivity index (χ1v) is 14.0. The Labute approximate surface area is 205 Å². The Morgan fingerprint density at radius 2 is 1.79 bits per heavy atom. The summed E-state index contributed by atoms with van der Waals surface area (Å²) in [5, 5.41) is 12.9. The average molecular weight is 496 g/mol. The molecule has 2 amide bonds. The Morgan fingerprint density at radius 3 is 2.42 bits per heavy atom. The van der Waals surface area contributed by atoms with Crippen molar-refractivity contribution >= 4 is 40.2 Å². The van der Waals surface area contributed by atoms with E-state index in [0.29, 0.717) is 11.2 Å². The number of carbonyl (C=O) groups is 2. The van der Waals surface area contributed by atoms with Crippen LogP contribution in [0.5, 0.6) is 0 Å². The number of carboxylic acids is 1. The van der Waals surface area contributed by atoms with Crippen LogP contribution >= 0.6 is 23.1 Å². The summed E-state index contributed by atoms with van der Waals surface area (Å²) < 4.78 is 5.97. The molecule has 2 N–H and O–H groups in total. The number of nitrogens with zero attached hydrogens (tertiary/aromatic N) is 2. The van der Waals surface area contributed by atoms with Crippen molar-refractivity contribution in [3.63, 3.8) is 0 Å². The summed E-state index contributed by atoms with van der Waals surface area (Å²) in [5.41, 5.74) is 0. The highest BCUT2D eigenvalue weighted by atomic mass is 32.2. The summed E-state index contributed by atoms with van der Waals surface area (Å²) in [6.45, 7) is 4.26. The van der Waals surface area contributed by atoms with Gasteiger partial charge in [-0.05, 0) is 71.1 Å². The number of ether oxygens (including phenoxy) is 1. The van der Waals surface area contributed by atoms with Crippen molar-refractivity contribution in [3.8, 4) is 0 Å². The van der Waals surface area contributed by atoms with E-state index in [1.807, 2.05) is 0 Å². The summed E-state index contributed by atoms with van der Waals surface area (Å²) in [6, 6.07) is 0.466. The van der Waals surface area contributed by atoms with Gasteiger partial charge in [-0.2, -0.15) is 0 Å². The van der Waals surface area contributed by atoms with E-state index in [2.05, 4.69) is 15.2 Å². The van der Waals surface area contributed by atoms with E-state index < -0.39 is 10.7 Å². The molecular weight excluding hydrogens is 458 g/mol. The van der Waals surface area contributed by atoms with E-state index in [1.54, 1.807) is 20.0 Å². The van der Waals surface area contributed by atoms with Crippen molar-refractivity contribution in [2.45, 2.75) is 112 Å². The molecule has 3 saturated carbocycles. The molecule has 0 atom stereocenters. The summed E-state index contributed by atoms with van der Waals surface area (Å²) in [7, 11) is 0. The zero-order chi connectivity index (χ0) is 23.4. The van der Waals surface area contributed by atoms with Crippen LogP contribution in [-0.2, 0) is 9.53 Å². The molecule has 0 saturated heterocycles. The first kappa shape index (κ1) is 24.8. The van der Waals surface area contributed by atoms with Crippen molar-refractivity contribution in [3.05, 3.63) is 6.20 Å². The highest BCUT2D eigenvalue weighted by Gasteiger charge is 2.36. The number of nitrogens with one attached hydrogen (secondary N) is 1. The van der Waals surface area contributed by atoms with E-state index in [4.69, 9.17) is 4.74 Å². The van der Waals surface area contributed by atoms with Crippen molar-refractivity contribution in [1.82, 2.24) is 9.88 Å². The normalized spacial score (nSPS) is 24.4. The maximum absolute atomic E-state index is 13.5. The van der Waals surface area contributed by atoms with Gasteiger partial charge in [0.25, 0.3) is 0 Å². The number of anilines is 1. The minimum atomic E-state index is -0.942. The zero-order valence-corrected chi connectivity index (χ0v) is 21.4. The molecule has 1 aromatic heterocycles. The lowest BCUT2D eigenvalue weighted by molar-refractivity contribution is -0.138. The molecule has 1 aromatic rings. The summed E-state index contributed by atoms with van der Waals surface area (Å²) in [4.78, 5) is 31.4. The van der Waals surface area contributed by atoms with Crippen molar-refractivity contribution < 1.29 is 19.4 Å². The topological polar surface area (TPSA) is 91.8 Å². The maximum Gasteiger partial charge on any atom is 0.324 e. The molecule has 9 heteroatoms. The lowest BCUT2D eigenvalue weighted by Gasteiger charge is -2.42. The molecule has 0 radical (unpaired) electrons. The number of aliphatic carboxylic acids is 1. The summed E-state index contributed by atoms with van der Waals surface area (Å²) in [5.74, 6) is -0.0821. The van der Waals surface area contributed by atoms with E-state index >= 15 is 0 Å². The van der Waals surface area contributed by atoms with Crippen LogP contribution in [0.1, 0.15) is 84.5 Å². The fourth-order valence-electron chi connectivity index (χ4n) is 4.85. The van der Waals surface area contributed by atoms with E-state index in [9.17, 15) is 14.7 Å². The number of hydrogen-bond acceptors (Lipinski definition) is 6. The van der Waals surface area contributed by atoms with Crippen LogP contribution in [0, 0.1) is 5.92 Å². The molecule has 184 valence electrons. The monoisotopic (exact) mass is 495 g/mol. The molecule has 0 unspecified atom stereocenters. The zero-order valence-electron chi connectivity index (χ0n) is 19.8. The van der Waals surface area contributed by atoms with Crippen molar-refractivity contribution in [2.75, 3.05) is 11.9 Å². The Morgan fingerprint density at radius 1 is 1.12 bits per heavy atom. The maximum atomic E-state index is 13.5. The van der Waals surface area contributed by atoms with Gasteiger partial charge in [0.05, 0.1) is 16.5 Å². The molecule has 0 aromatic carbocycles. The largest absolute Gasteiger partial charge is 0.480 e. The van der Waals surface area contributed by atoms with Gasteiger partial charge in [-0.1, -0.05) is 42.4 Å². The van der Waals surface area contributed by atoms with Crippen LogP contribution in [0.4, 0.5) is 9.93 Å². The number of rotatable bonds is 9. The van der Waals surface area contributed by atoms with Gasteiger partial charge in [-0.25, -0.2) is 9.78 Å². The third kappa shape index (κ3) is 6.85. The second kappa shape index (κ2) is 11.0. The van der Waals surface area contributed by atoms with Crippen molar-refractivity contribution in [2.24, 2.45) is 5.92 Å². The van der Waals surface area contributed by atoms with Gasteiger partial charge < -0.3 is 14.7 Å². The molecule has 3 aliphatic rings. The van der Waals surface area contributed by atoms with Crippen LogP contribution in [0.3, 0.4) is 0 Å². The minimum absolute atomic E-state index is 0.0624. The van der Waals surface area contributed by atoms with Gasteiger partial charge in [0.2, 0.25) is 0 Å². The van der Waals surface area contributed by atoms with Gasteiger partial charge in [-0.15, -0.1) is 0 Å². The van der Waals surface area contributed by atoms with Gasteiger partial charge in [0.15, 0.2) is 5.13 Å². The Kier molecular flexibility index (Phi) is 8.23. The second-order valence-corrected chi connectivity index (χ2v) is 13.2. The fourth-order valence-corrected chi connectivity index (χ4v) is 7.12. The predicted molar refractivity (Wildman–Crippen MR) is 132 cm³/mol. The smallest absolute Gasteiger partial charge is 0.324 e. The first-order valence-electron chi connectivity index (χ1n) is 12.4. The van der Waals surface area contributed by atoms with E-state index in [-0.39, 0.29) is 18.1 Å². The molecule has 3 fully saturated rings. The number of carbonyl (C=O) groups excluding carboxylic acids is 1. The average Bonchev–Trinajstić information content (AvgIpc) is 3.53. The number of urea groups is 1. The molecule has 7 nitrogen and oxygen atoms in total. The molecule has 4 rings (SSSR count). The van der Waals surface area contributed by atoms with E-state index in [1.165, 1.54) is 55.2 Å². The van der Waals surface area contributed by atoms with Gasteiger partial charge in [-0.3, -0.25) is 10.1 Å². The van der Waals surface area contributed by atoms with E-state index in [0.717, 1.165) is 55.3 Å². The first-order chi connectivity index (χ1) is 15.8. The predicted octanol–water partition coefficient (Wildman–Crippen LogP) is 6.00. The number of hydrogen-bond donors (Lipinski definition) is 2. The second-order valence-electron chi connectivity index (χ2n) is 10.2. The fraction of sp³-hybridized carbons (Fsp3) is 0.792. The number of thiazole rings is 1. The summed E-state index contributed by atoms with van der Waals surface area (Å²) >= 11 is 2.60. The van der Waals surface area contributed by atoms with Crippen LogP contribution in [0.2, 0.25) is 0 Å². The summed E-state index contributed by atoms with van der Waals surface area (Å²) in [6.07, 6.45) is 14.4. The van der Waals surface area contributed by atoms with Crippen molar-refractivity contribution in [1.29, 1.82) is 0 Å². The molecule has 0 spiro atoms. The molecule has 0 aliphatic heterocycles. The number of carboxylic acid groups (broad SMARTS) is 1.